The van der Waals surface area contributed by atoms with Crippen molar-refractivity contribution in [3.8, 4) is 0 Å². The fraction of sp³-hybridized carbons (Fsp3) is 0.464. The maximum atomic E-state index is 13.3. The predicted molar refractivity (Wildman–Crippen MR) is 134 cm³/mol. The van der Waals surface area contributed by atoms with Crippen LogP contribution in [0.4, 0.5) is 4.79 Å². The molecule has 0 radical (unpaired) electrons. The summed E-state index contributed by atoms with van der Waals surface area (Å²) in [5.74, 6) is -2.13. The minimum atomic E-state index is -0.877. The van der Waals surface area contributed by atoms with Crippen molar-refractivity contribution in [1.82, 2.24) is 9.88 Å². The van der Waals surface area contributed by atoms with Gasteiger partial charge in [-0.15, -0.1) is 0 Å². The highest BCUT2D eigenvalue weighted by atomic mass is 16.7. The van der Waals surface area contributed by atoms with E-state index in [1.165, 1.54) is 23.2 Å². The van der Waals surface area contributed by atoms with Crippen LogP contribution in [0, 0.1) is 17.8 Å². The lowest BCUT2D eigenvalue weighted by atomic mass is 9.69. The van der Waals surface area contributed by atoms with Gasteiger partial charge in [0.2, 0.25) is 5.91 Å². The summed E-state index contributed by atoms with van der Waals surface area (Å²) in [7, 11) is 0. The normalized spacial score (nSPS) is 24.3. The van der Waals surface area contributed by atoms with Gasteiger partial charge < -0.3 is 23.8 Å². The SMILES string of the molecule is C=CCOC(=O)O[C@H](C)[C@H]1C(=O)N2C(C(=O)OCC=C)=C3[C@H](CCOC(=O)c4cccnc4)CCC[C@H]3[C@H]12. The number of carbonyl (C=O) groups excluding carboxylic acids is 4. The van der Waals surface area contributed by atoms with Gasteiger partial charge in [-0.05, 0) is 49.8 Å². The molecule has 1 aliphatic carbocycles. The number of rotatable bonds is 11. The molecule has 5 atom stereocenters. The molecule has 4 rings (SSSR count). The Morgan fingerprint density at radius 2 is 1.89 bits per heavy atom. The number of amides is 1. The maximum absolute atomic E-state index is 13.3. The second-order valence-electron chi connectivity index (χ2n) is 9.49. The smallest absolute Gasteiger partial charge is 0.462 e. The zero-order valence-corrected chi connectivity index (χ0v) is 21.4. The van der Waals surface area contributed by atoms with Crippen molar-refractivity contribution >= 4 is 24.0 Å². The molecule has 202 valence electrons. The first-order chi connectivity index (χ1) is 18.4. The Morgan fingerprint density at radius 3 is 2.61 bits per heavy atom. The molecular formula is C28H32N2O8. The Balaban J connectivity index is 1.52. The van der Waals surface area contributed by atoms with Gasteiger partial charge in [0.1, 0.15) is 25.0 Å². The highest BCUT2D eigenvalue weighted by Crippen LogP contribution is 2.54. The molecule has 1 saturated heterocycles. The van der Waals surface area contributed by atoms with E-state index >= 15 is 0 Å². The van der Waals surface area contributed by atoms with Crippen LogP contribution in [0.3, 0.4) is 0 Å². The van der Waals surface area contributed by atoms with Crippen LogP contribution in [0.15, 0.2) is 61.1 Å². The van der Waals surface area contributed by atoms with Crippen molar-refractivity contribution in [2.24, 2.45) is 17.8 Å². The van der Waals surface area contributed by atoms with Crippen LogP contribution in [0.25, 0.3) is 0 Å². The molecular weight excluding hydrogens is 492 g/mol. The molecule has 1 aromatic rings. The number of fused-ring (bicyclic) bond motifs is 3. The van der Waals surface area contributed by atoms with Gasteiger partial charge in [0.15, 0.2) is 0 Å². The molecule has 10 nitrogen and oxygen atoms in total. The standard InChI is InChI=1S/C28H32N2O8/c1-4-13-35-27(33)24-22-18(11-15-36-26(32)19-9-7-12-29-16-19)8-6-10-20(22)23-21(25(31)30(23)24)17(3)38-28(34)37-14-5-2/h4-5,7,9,12,16-18,20-21,23H,1-2,6,8,10-11,13-15H2,3H3/t17-,18+,20-,21-,23-/m1/s1. The van der Waals surface area contributed by atoms with E-state index in [9.17, 15) is 19.2 Å². The summed E-state index contributed by atoms with van der Waals surface area (Å²) in [5.41, 5.74) is 1.47. The lowest BCUT2D eigenvalue weighted by Crippen LogP contribution is -2.64. The quantitative estimate of drug-likeness (QED) is 0.185. The zero-order valence-electron chi connectivity index (χ0n) is 21.4. The zero-order chi connectivity index (χ0) is 27.2. The fourth-order valence-electron chi connectivity index (χ4n) is 5.73. The molecule has 1 amide bonds. The summed E-state index contributed by atoms with van der Waals surface area (Å²) < 4.78 is 21.1. The summed E-state index contributed by atoms with van der Waals surface area (Å²) in [6.45, 7) is 8.91. The predicted octanol–water partition coefficient (Wildman–Crippen LogP) is 3.60. The van der Waals surface area contributed by atoms with E-state index in [1.807, 2.05) is 0 Å². The summed E-state index contributed by atoms with van der Waals surface area (Å²) in [5, 5.41) is 0. The molecule has 10 heteroatoms. The topological polar surface area (TPSA) is 121 Å². The van der Waals surface area contributed by atoms with Crippen molar-refractivity contribution in [3.05, 3.63) is 66.7 Å². The molecule has 0 aromatic carbocycles. The number of carbonyl (C=O) groups is 4. The summed E-state index contributed by atoms with van der Waals surface area (Å²) >= 11 is 0. The molecule has 2 aliphatic heterocycles. The van der Waals surface area contributed by atoms with Gasteiger partial charge in [-0.1, -0.05) is 31.7 Å². The van der Waals surface area contributed by atoms with E-state index in [0.29, 0.717) is 12.0 Å². The second kappa shape index (κ2) is 12.1. The van der Waals surface area contributed by atoms with Gasteiger partial charge in [-0.2, -0.15) is 0 Å². The van der Waals surface area contributed by atoms with Gasteiger partial charge in [0.25, 0.3) is 0 Å². The van der Waals surface area contributed by atoms with Crippen molar-refractivity contribution in [2.45, 2.75) is 44.8 Å². The van der Waals surface area contributed by atoms with Crippen LogP contribution in [-0.4, -0.2) is 65.9 Å². The Kier molecular flexibility index (Phi) is 8.60. The lowest BCUT2D eigenvalue weighted by Gasteiger charge is -2.48. The average Bonchev–Trinajstić information content (AvgIpc) is 3.22. The average molecular weight is 525 g/mol. The van der Waals surface area contributed by atoms with Gasteiger partial charge in [0, 0.05) is 18.3 Å². The maximum Gasteiger partial charge on any atom is 0.508 e. The highest BCUT2D eigenvalue weighted by Gasteiger charge is 2.63. The third-order valence-electron chi connectivity index (χ3n) is 7.25. The monoisotopic (exact) mass is 524 g/mol. The number of hydrogen-bond donors (Lipinski definition) is 0. The summed E-state index contributed by atoms with van der Waals surface area (Å²) in [4.78, 5) is 56.3. The second-order valence-corrected chi connectivity index (χ2v) is 9.49. The van der Waals surface area contributed by atoms with Crippen LogP contribution in [-0.2, 0) is 28.5 Å². The minimum absolute atomic E-state index is 0.000376. The Morgan fingerprint density at radius 1 is 1.13 bits per heavy atom. The third-order valence-corrected chi connectivity index (χ3v) is 7.25. The van der Waals surface area contributed by atoms with Crippen LogP contribution >= 0.6 is 0 Å². The van der Waals surface area contributed by atoms with E-state index in [0.717, 1.165) is 24.8 Å². The summed E-state index contributed by atoms with van der Waals surface area (Å²) in [6, 6.07) is 2.97. The molecule has 1 saturated carbocycles. The van der Waals surface area contributed by atoms with Crippen LogP contribution in [0.2, 0.25) is 0 Å². The van der Waals surface area contributed by atoms with Crippen molar-refractivity contribution in [1.29, 1.82) is 0 Å². The molecule has 0 N–H and O–H groups in total. The lowest BCUT2D eigenvalue weighted by molar-refractivity contribution is -0.165. The third kappa shape index (κ3) is 5.34. The van der Waals surface area contributed by atoms with Gasteiger partial charge in [-0.25, -0.2) is 14.4 Å². The minimum Gasteiger partial charge on any atom is -0.462 e. The molecule has 1 aromatic heterocycles. The van der Waals surface area contributed by atoms with Gasteiger partial charge >= 0.3 is 18.1 Å². The first-order valence-corrected chi connectivity index (χ1v) is 12.8. The number of aromatic nitrogens is 1. The van der Waals surface area contributed by atoms with Crippen molar-refractivity contribution in [2.75, 3.05) is 19.8 Å². The van der Waals surface area contributed by atoms with E-state index in [1.54, 1.807) is 25.3 Å². The molecule has 0 unspecified atom stereocenters. The van der Waals surface area contributed by atoms with Crippen LogP contribution in [0.1, 0.15) is 43.0 Å². The number of hydrogen-bond acceptors (Lipinski definition) is 9. The molecule has 38 heavy (non-hydrogen) atoms. The number of esters is 2. The Hall–Kier alpha value is -3.95. The largest absolute Gasteiger partial charge is 0.508 e. The number of ether oxygens (including phenoxy) is 4. The molecule has 2 fully saturated rings. The van der Waals surface area contributed by atoms with Gasteiger partial charge in [0.05, 0.1) is 24.1 Å². The van der Waals surface area contributed by atoms with Crippen LogP contribution in [0.5, 0.6) is 0 Å². The van der Waals surface area contributed by atoms with E-state index in [-0.39, 0.29) is 49.3 Å². The van der Waals surface area contributed by atoms with Crippen molar-refractivity contribution < 1.29 is 38.1 Å². The van der Waals surface area contributed by atoms with Crippen LogP contribution < -0.4 is 0 Å². The Bertz CT molecular complexity index is 1130. The first-order valence-electron chi connectivity index (χ1n) is 12.8. The first kappa shape index (κ1) is 27.1. The Labute approximate surface area is 221 Å². The number of pyridine rings is 1. The molecule has 3 aliphatic rings. The molecule has 3 heterocycles. The van der Waals surface area contributed by atoms with E-state index in [4.69, 9.17) is 18.9 Å². The van der Waals surface area contributed by atoms with E-state index in [2.05, 4.69) is 18.1 Å². The molecule has 0 spiro atoms. The van der Waals surface area contributed by atoms with Gasteiger partial charge in [-0.3, -0.25) is 9.78 Å². The summed E-state index contributed by atoms with van der Waals surface area (Å²) in [6.07, 6.45) is 7.23. The highest BCUT2D eigenvalue weighted by molar-refractivity contribution is 6.01. The fourth-order valence-corrected chi connectivity index (χ4v) is 5.73. The molecule has 0 bridgehead atoms. The number of β-lactam (4-membered cyclic amide) rings is 1. The van der Waals surface area contributed by atoms with Crippen molar-refractivity contribution in [3.63, 3.8) is 0 Å². The van der Waals surface area contributed by atoms with E-state index < -0.39 is 30.1 Å². The number of nitrogens with zero attached hydrogens (tertiary/aromatic N) is 2.